The van der Waals surface area contributed by atoms with E-state index in [1.807, 2.05) is 7.05 Å². The molecule has 0 bridgehead atoms. The van der Waals surface area contributed by atoms with Crippen molar-refractivity contribution in [1.29, 1.82) is 0 Å². The quantitative estimate of drug-likeness (QED) is 0.732. The van der Waals surface area contributed by atoms with E-state index in [0.717, 1.165) is 19.4 Å². The number of ether oxygens (including phenoxy) is 1. The van der Waals surface area contributed by atoms with Gasteiger partial charge in [0.15, 0.2) is 0 Å². The smallest absolute Gasteiger partial charge is 0.326 e. The molecular formula is C19H27FN2O4. The van der Waals surface area contributed by atoms with Crippen LogP contribution in [0, 0.1) is 11.7 Å². The minimum Gasteiger partial charge on any atom is -0.480 e. The molecule has 1 fully saturated rings. The van der Waals surface area contributed by atoms with Crippen molar-refractivity contribution in [2.75, 3.05) is 20.7 Å². The largest absolute Gasteiger partial charge is 0.480 e. The summed E-state index contributed by atoms with van der Waals surface area (Å²) in [6.45, 7) is 2.68. The van der Waals surface area contributed by atoms with Gasteiger partial charge in [-0.15, -0.1) is 0 Å². The number of rotatable bonds is 8. The molecule has 144 valence electrons. The van der Waals surface area contributed by atoms with Crippen LogP contribution in [0.2, 0.25) is 0 Å². The highest BCUT2D eigenvalue weighted by atomic mass is 19.1. The van der Waals surface area contributed by atoms with E-state index >= 15 is 0 Å². The number of nitrogens with zero attached hydrogens (tertiary/aromatic N) is 1. The van der Waals surface area contributed by atoms with Crippen molar-refractivity contribution in [2.24, 2.45) is 5.92 Å². The highest BCUT2D eigenvalue weighted by molar-refractivity contribution is 5.85. The minimum atomic E-state index is -1.19. The molecule has 0 aromatic heterocycles. The minimum absolute atomic E-state index is 0.110. The van der Waals surface area contributed by atoms with Crippen molar-refractivity contribution in [2.45, 2.75) is 44.4 Å². The number of hydrogen-bond donors (Lipinski definition) is 2. The van der Waals surface area contributed by atoms with Gasteiger partial charge in [-0.2, -0.15) is 0 Å². The van der Waals surface area contributed by atoms with Crippen molar-refractivity contribution in [1.82, 2.24) is 10.2 Å². The second-order valence-electron chi connectivity index (χ2n) is 6.87. The first-order valence-electron chi connectivity index (χ1n) is 8.84. The lowest BCUT2D eigenvalue weighted by atomic mass is 9.94. The molecule has 1 saturated heterocycles. The molecule has 26 heavy (non-hydrogen) atoms. The van der Waals surface area contributed by atoms with E-state index in [1.54, 1.807) is 20.1 Å². The molecule has 1 aromatic rings. The number of carboxylic acid groups (broad SMARTS) is 1. The normalized spacial score (nSPS) is 21.2. The van der Waals surface area contributed by atoms with Crippen LogP contribution >= 0.6 is 0 Å². The van der Waals surface area contributed by atoms with Crippen LogP contribution in [0.1, 0.15) is 25.3 Å². The predicted octanol–water partition coefficient (Wildman–Crippen LogP) is 1.68. The van der Waals surface area contributed by atoms with Crippen LogP contribution < -0.4 is 5.32 Å². The summed E-state index contributed by atoms with van der Waals surface area (Å²) in [7, 11) is 3.56. The average Bonchev–Trinajstić information content (AvgIpc) is 3.02. The number of likely N-dealkylation sites (tertiary alicyclic amines) is 1. The lowest BCUT2D eigenvalue weighted by Gasteiger charge is -2.32. The summed E-state index contributed by atoms with van der Waals surface area (Å²) >= 11 is 0. The molecule has 6 nitrogen and oxygen atoms in total. The summed E-state index contributed by atoms with van der Waals surface area (Å²) in [6.07, 6.45) is 1.54. The Kier molecular flexibility index (Phi) is 7.11. The molecule has 1 heterocycles. The van der Waals surface area contributed by atoms with E-state index in [2.05, 4.69) is 10.2 Å². The molecule has 0 aliphatic carbocycles. The third kappa shape index (κ3) is 4.80. The van der Waals surface area contributed by atoms with Crippen LogP contribution in [0.5, 0.6) is 0 Å². The van der Waals surface area contributed by atoms with Gasteiger partial charge in [-0.25, -0.2) is 9.18 Å². The monoisotopic (exact) mass is 366 g/mol. The highest BCUT2D eigenvalue weighted by Crippen LogP contribution is 2.25. The van der Waals surface area contributed by atoms with Crippen molar-refractivity contribution < 1.29 is 23.8 Å². The van der Waals surface area contributed by atoms with E-state index in [1.165, 1.54) is 18.2 Å². The van der Waals surface area contributed by atoms with E-state index in [0.29, 0.717) is 0 Å². The maximum atomic E-state index is 13.8. The number of likely N-dealkylation sites (N-methyl/N-ethyl adjacent to an activating group) is 1. The molecule has 0 saturated carbocycles. The van der Waals surface area contributed by atoms with Crippen molar-refractivity contribution >= 4 is 11.9 Å². The first kappa shape index (κ1) is 20.3. The number of carboxylic acids is 1. The molecule has 1 aliphatic heterocycles. The average molecular weight is 366 g/mol. The van der Waals surface area contributed by atoms with Gasteiger partial charge in [0, 0.05) is 19.6 Å². The van der Waals surface area contributed by atoms with E-state index in [9.17, 15) is 19.1 Å². The van der Waals surface area contributed by atoms with Crippen LogP contribution in [0.3, 0.4) is 0 Å². The Morgan fingerprint density at radius 3 is 2.65 bits per heavy atom. The van der Waals surface area contributed by atoms with Crippen molar-refractivity contribution in [3.8, 4) is 0 Å². The van der Waals surface area contributed by atoms with Crippen LogP contribution in [-0.4, -0.2) is 60.8 Å². The van der Waals surface area contributed by atoms with Gasteiger partial charge in [0.2, 0.25) is 5.91 Å². The number of nitrogens with one attached hydrogen (secondary N) is 1. The fourth-order valence-corrected chi connectivity index (χ4v) is 3.58. The predicted molar refractivity (Wildman–Crippen MR) is 95.3 cm³/mol. The molecular weight excluding hydrogens is 339 g/mol. The fourth-order valence-electron chi connectivity index (χ4n) is 3.58. The number of benzene rings is 1. The number of carbonyl (C=O) groups is 2. The zero-order valence-corrected chi connectivity index (χ0v) is 15.4. The van der Waals surface area contributed by atoms with E-state index in [-0.39, 0.29) is 24.1 Å². The van der Waals surface area contributed by atoms with Crippen LogP contribution in [-0.2, 0) is 20.7 Å². The summed E-state index contributed by atoms with van der Waals surface area (Å²) in [5.74, 6) is -2.60. The lowest BCUT2D eigenvalue weighted by Crippen LogP contribution is -2.50. The Hall–Kier alpha value is -1.99. The summed E-state index contributed by atoms with van der Waals surface area (Å²) in [6, 6.07) is 4.90. The summed E-state index contributed by atoms with van der Waals surface area (Å²) < 4.78 is 19.4. The summed E-state index contributed by atoms with van der Waals surface area (Å²) in [5.41, 5.74) is 0.256. The number of aliphatic carboxylic acids is 1. The van der Waals surface area contributed by atoms with Gasteiger partial charge in [-0.3, -0.25) is 4.79 Å². The zero-order chi connectivity index (χ0) is 19.3. The fraction of sp³-hybridized carbons (Fsp3) is 0.579. The molecule has 7 heteroatoms. The maximum Gasteiger partial charge on any atom is 0.326 e. The van der Waals surface area contributed by atoms with Gasteiger partial charge >= 0.3 is 5.97 Å². The number of hydrogen-bond acceptors (Lipinski definition) is 4. The molecule has 4 unspecified atom stereocenters. The van der Waals surface area contributed by atoms with Gasteiger partial charge in [-0.1, -0.05) is 25.1 Å². The first-order valence-corrected chi connectivity index (χ1v) is 8.84. The van der Waals surface area contributed by atoms with Crippen molar-refractivity contribution in [3.63, 3.8) is 0 Å². The Morgan fingerprint density at radius 2 is 2.12 bits per heavy atom. The number of halogens is 1. The Balaban J connectivity index is 2.06. The van der Waals surface area contributed by atoms with Gasteiger partial charge in [0.05, 0.1) is 12.0 Å². The molecule has 4 atom stereocenters. The second-order valence-corrected chi connectivity index (χ2v) is 6.87. The van der Waals surface area contributed by atoms with Crippen LogP contribution in [0.15, 0.2) is 24.3 Å². The Bertz CT molecular complexity index is 640. The standard InChI is InChI=1S/C19H27FN2O4/c1-12(17(26-3)16-9-6-10-22(16)2)18(23)21-15(19(24)25)11-13-7-4-5-8-14(13)20/h4-5,7-8,12,15-17H,6,9-11H2,1-3H3,(H,21,23)(H,24,25). The molecule has 2 rings (SSSR count). The third-order valence-corrected chi connectivity index (χ3v) is 5.13. The zero-order valence-electron chi connectivity index (χ0n) is 15.4. The molecule has 1 aromatic carbocycles. The maximum absolute atomic E-state index is 13.8. The second kappa shape index (κ2) is 9.09. The van der Waals surface area contributed by atoms with Crippen molar-refractivity contribution in [3.05, 3.63) is 35.6 Å². The van der Waals surface area contributed by atoms with E-state index in [4.69, 9.17) is 4.74 Å². The third-order valence-electron chi connectivity index (χ3n) is 5.13. The van der Waals surface area contributed by atoms with Crippen LogP contribution in [0.4, 0.5) is 4.39 Å². The molecule has 1 amide bonds. The van der Waals surface area contributed by atoms with Gasteiger partial charge < -0.3 is 20.1 Å². The molecule has 0 radical (unpaired) electrons. The molecule has 1 aliphatic rings. The van der Waals surface area contributed by atoms with Gasteiger partial charge in [-0.05, 0) is 38.1 Å². The molecule has 2 N–H and O–H groups in total. The Labute approximate surface area is 153 Å². The Morgan fingerprint density at radius 1 is 1.42 bits per heavy atom. The lowest BCUT2D eigenvalue weighted by molar-refractivity contribution is -0.143. The number of carbonyl (C=O) groups excluding carboxylic acids is 1. The highest BCUT2D eigenvalue weighted by Gasteiger charge is 2.37. The first-order chi connectivity index (χ1) is 12.3. The van der Waals surface area contributed by atoms with E-state index < -0.39 is 29.7 Å². The SMILES string of the molecule is COC(C(C)C(=O)NC(Cc1ccccc1F)C(=O)O)C1CCCN1C. The summed E-state index contributed by atoms with van der Waals surface area (Å²) in [4.78, 5) is 26.3. The topological polar surface area (TPSA) is 78.9 Å². The molecule has 0 spiro atoms. The summed E-state index contributed by atoms with van der Waals surface area (Å²) in [5, 5.41) is 12.0. The number of amides is 1. The van der Waals surface area contributed by atoms with Gasteiger partial charge in [0.1, 0.15) is 11.9 Å². The number of methoxy groups -OCH3 is 1. The van der Waals surface area contributed by atoms with Gasteiger partial charge in [0.25, 0.3) is 0 Å². The van der Waals surface area contributed by atoms with Crippen LogP contribution in [0.25, 0.3) is 0 Å².